The second kappa shape index (κ2) is 9.56. The number of carbonyl (C=O) groups excluding carboxylic acids is 3. The van der Waals surface area contributed by atoms with E-state index in [0.717, 1.165) is 25.7 Å². The highest BCUT2D eigenvalue weighted by Crippen LogP contribution is 2.67. The molecule has 3 unspecified atom stereocenters. The summed E-state index contributed by atoms with van der Waals surface area (Å²) in [6.07, 6.45) is 4.83. The van der Waals surface area contributed by atoms with Crippen molar-refractivity contribution in [2.75, 3.05) is 26.7 Å². The highest BCUT2D eigenvalue weighted by atomic mass is 79.9. The highest BCUT2D eigenvalue weighted by molar-refractivity contribution is 9.09. The molecule has 29 heavy (non-hydrogen) atoms. The van der Waals surface area contributed by atoms with Gasteiger partial charge in [0.25, 0.3) is 0 Å². The van der Waals surface area contributed by atoms with E-state index in [4.69, 9.17) is 5.11 Å². The standard InChI is InChI=1S/C20H32BrN3O4S/c1-3-4-8-23-18(27)16-20-11-12(21)15(29-20)13(17(26)22-2)14(20)19(28)24(16)9-6-5-7-10-25/h12-16,25H,3-11H2,1-2H3,(H,22,26)(H,23,27)/t12?,13-,14-,15-,16?,20?/m0/s1. The molecule has 0 aromatic carbocycles. The van der Waals surface area contributed by atoms with Crippen molar-refractivity contribution >= 4 is 45.4 Å². The number of fused-ring (bicyclic) bond motifs is 1. The van der Waals surface area contributed by atoms with Gasteiger partial charge < -0.3 is 20.6 Å². The van der Waals surface area contributed by atoms with E-state index in [1.165, 1.54) is 0 Å². The van der Waals surface area contributed by atoms with Crippen molar-refractivity contribution in [1.82, 2.24) is 15.5 Å². The number of unbranched alkanes of at least 4 members (excludes halogenated alkanes) is 3. The molecule has 0 radical (unpaired) electrons. The van der Waals surface area contributed by atoms with E-state index in [0.29, 0.717) is 25.9 Å². The number of alkyl halides is 1. The number of halogens is 1. The fourth-order valence-electron chi connectivity index (χ4n) is 5.19. The van der Waals surface area contributed by atoms with Crippen LogP contribution in [-0.4, -0.2) is 75.3 Å². The molecule has 0 aromatic rings. The topological polar surface area (TPSA) is 98.7 Å². The van der Waals surface area contributed by atoms with Crippen LogP contribution in [0, 0.1) is 11.8 Å². The number of aliphatic hydroxyl groups is 1. The molecule has 3 fully saturated rings. The van der Waals surface area contributed by atoms with E-state index in [2.05, 4.69) is 33.5 Å². The Morgan fingerprint density at radius 3 is 2.69 bits per heavy atom. The van der Waals surface area contributed by atoms with Crippen molar-refractivity contribution < 1.29 is 19.5 Å². The summed E-state index contributed by atoms with van der Waals surface area (Å²) in [5, 5.41) is 14.8. The molecule has 0 aromatic heterocycles. The van der Waals surface area contributed by atoms with Gasteiger partial charge in [0.2, 0.25) is 17.7 Å². The molecular weight excluding hydrogens is 458 g/mol. The lowest BCUT2D eigenvalue weighted by Gasteiger charge is -2.35. The van der Waals surface area contributed by atoms with Crippen LogP contribution in [-0.2, 0) is 14.4 Å². The van der Waals surface area contributed by atoms with Crippen LogP contribution in [0.1, 0.15) is 45.4 Å². The number of nitrogens with one attached hydrogen (secondary N) is 2. The minimum absolute atomic E-state index is 0.00591. The van der Waals surface area contributed by atoms with Gasteiger partial charge in [-0.05, 0) is 32.1 Å². The maximum Gasteiger partial charge on any atom is 0.244 e. The lowest BCUT2D eigenvalue weighted by Crippen LogP contribution is -2.54. The summed E-state index contributed by atoms with van der Waals surface area (Å²) in [4.78, 5) is 41.3. The van der Waals surface area contributed by atoms with Crippen LogP contribution in [0.25, 0.3) is 0 Å². The Morgan fingerprint density at radius 1 is 1.28 bits per heavy atom. The van der Waals surface area contributed by atoms with Gasteiger partial charge in [-0.3, -0.25) is 14.4 Å². The lowest BCUT2D eigenvalue weighted by atomic mass is 9.70. The number of hydrogen-bond acceptors (Lipinski definition) is 5. The Bertz CT molecular complexity index is 651. The lowest BCUT2D eigenvalue weighted by molar-refractivity contribution is -0.139. The zero-order chi connectivity index (χ0) is 21.2. The van der Waals surface area contributed by atoms with Crippen LogP contribution in [0.3, 0.4) is 0 Å². The number of thioether (sulfide) groups is 1. The molecule has 3 rings (SSSR count). The smallest absolute Gasteiger partial charge is 0.244 e. The molecule has 3 saturated heterocycles. The summed E-state index contributed by atoms with van der Waals surface area (Å²) in [5.41, 5.74) is 0. The Labute approximate surface area is 185 Å². The van der Waals surface area contributed by atoms with Crippen molar-refractivity contribution in [3.8, 4) is 0 Å². The van der Waals surface area contributed by atoms with E-state index in [1.54, 1.807) is 23.7 Å². The molecule has 3 aliphatic heterocycles. The van der Waals surface area contributed by atoms with E-state index >= 15 is 0 Å². The third kappa shape index (κ3) is 3.94. The van der Waals surface area contributed by atoms with Crippen LogP contribution < -0.4 is 10.6 Å². The zero-order valence-corrected chi connectivity index (χ0v) is 19.6. The fraction of sp³-hybridized carbons (Fsp3) is 0.850. The number of hydrogen-bond donors (Lipinski definition) is 3. The first-order chi connectivity index (χ1) is 13.9. The first kappa shape index (κ1) is 22.9. The van der Waals surface area contributed by atoms with Gasteiger partial charge in [0.15, 0.2) is 0 Å². The van der Waals surface area contributed by atoms with Gasteiger partial charge in [0, 0.05) is 36.8 Å². The Morgan fingerprint density at radius 2 is 2.03 bits per heavy atom. The Balaban J connectivity index is 1.89. The van der Waals surface area contributed by atoms with Gasteiger partial charge in [-0.1, -0.05) is 29.3 Å². The molecule has 164 valence electrons. The predicted octanol–water partition coefficient (Wildman–Crippen LogP) is 1.28. The summed E-state index contributed by atoms with van der Waals surface area (Å²) in [6.45, 7) is 3.29. The summed E-state index contributed by atoms with van der Waals surface area (Å²) in [6, 6.07) is -0.546. The van der Waals surface area contributed by atoms with Gasteiger partial charge in [0.05, 0.1) is 16.6 Å². The number of rotatable bonds is 10. The first-order valence-corrected chi connectivity index (χ1v) is 12.4. The average Bonchev–Trinajstić information content (AvgIpc) is 3.28. The zero-order valence-electron chi connectivity index (χ0n) is 17.2. The van der Waals surface area contributed by atoms with E-state index in [1.807, 2.05) is 0 Å². The van der Waals surface area contributed by atoms with E-state index in [9.17, 15) is 14.4 Å². The van der Waals surface area contributed by atoms with Crippen molar-refractivity contribution in [3.63, 3.8) is 0 Å². The third-order valence-electron chi connectivity index (χ3n) is 6.47. The maximum absolute atomic E-state index is 13.5. The molecule has 3 aliphatic rings. The normalized spacial score (nSPS) is 35.1. The molecule has 6 atom stereocenters. The second-order valence-electron chi connectivity index (χ2n) is 8.24. The molecule has 2 bridgehead atoms. The number of aliphatic hydroxyl groups excluding tert-OH is 1. The summed E-state index contributed by atoms with van der Waals surface area (Å²) < 4.78 is -0.555. The van der Waals surface area contributed by atoms with Crippen LogP contribution in [0.4, 0.5) is 0 Å². The Kier molecular flexibility index (Phi) is 7.54. The monoisotopic (exact) mass is 489 g/mol. The Hall–Kier alpha value is -0.800. The quantitative estimate of drug-likeness (QED) is 0.317. The largest absolute Gasteiger partial charge is 0.396 e. The maximum atomic E-state index is 13.5. The molecular formula is C20H32BrN3O4S. The highest BCUT2D eigenvalue weighted by Gasteiger charge is 2.75. The summed E-state index contributed by atoms with van der Waals surface area (Å²) in [7, 11) is 1.61. The minimum Gasteiger partial charge on any atom is -0.396 e. The summed E-state index contributed by atoms with van der Waals surface area (Å²) >= 11 is 5.39. The number of likely N-dealkylation sites (tertiary alicyclic amines) is 1. The van der Waals surface area contributed by atoms with Crippen molar-refractivity contribution in [2.24, 2.45) is 11.8 Å². The van der Waals surface area contributed by atoms with Crippen molar-refractivity contribution in [2.45, 2.75) is 66.3 Å². The molecule has 1 spiro atoms. The molecule has 3 N–H and O–H groups in total. The third-order valence-corrected chi connectivity index (χ3v) is 9.69. The van der Waals surface area contributed by atoms with Gasteiger partial charge >= 0.3 is 0 Å². The molecule has 9 heteroatoms. The van der Waals surface area contributed by atoms with Crippen LogP contribution in [0.5, 0.6) is 0 Å². The van der Waals surface area contributed by atoms with Crippen LogP contribution in [0.15, 0.2) is 0 Å². The number of amides is 3. The van der Waals surface area contributed by atoms with E-state index in [-0.39, 0.29) is 34.4 Å². The predicted molar refractivity (Wildman–Crippen MR) is 117 cm³/mol. The first-order valence-electron chi connectivity index (χ1n) is 10.7. The fourth-order valence-corrected chi connectivity index (χ4v) is 8.81. The SMILES string of the molecule is CCCCNC(=O)C1N(CCCCCO)C(=O)[C@@H]2[C@H](C(=O)NC)[C@H]3SC12CC3Br. The number of carbonyl (C=O) groups is 3. The summed E-state index contributed by atoms with van der Waals surface area (Å²) in [5.74, 6) is -1.14. The van der Waals surface area contributed by atoms with Crippen molar-refractivity contribution in [1.29, 1.82) is 0 Å². The molecule has 0 aliphatic carbocycles. The van der Waals surface area contributed by atoms with Crippen molar-refractivity contribution in [3.05, 3.63) is 0 Å². The van der Waals surface area contributed by atoms with Gasteiger partial charge in [-0.15, -0.1) is 11.8 Å². The van der Waals surface area contributed by atoms with Crippen LogP contribution in [0.2, 0.25) is 0 Å². The van der Waals surface area contributed by atoms with Crippen LogP contribution >= 0.6 is 27.7 Å². The minimum atomic E-state index is -0.555. The number of nitrogens with zero attached hydrogens (tertiary/aromatic N) is 1. The van der Waals surface area contributed by atoms with Gasteiger partial charge in [-0.2, -0.15) is 0 Å². The second-order valence-corrected chi connectivity index (χ2v) is 11.0. The van der Waals surface area contributed by atoms with Gasteiger partial charge in [-0.25, -0.2) is 0 Å². The molecule has 0 saturated carbocycles. The molecule has 3 heterocycles. The van der Waals surface area contributed by atoms with E-state index < -0.39 is 22.6 Å². The van der Waals surface area contributed by atoms with Gasteiger partial charge in [0.1, 0.15) is 6.04 Å². The molecule has 3 amide bonds. The molecule has 7 nitrogen and oxygen atoms in total. The average molecular weight is 490 g/mol.